The van der Waals surface area contributed by atoms with Crippen molar-refractivity contribution in [2.24, 2.45) is 0 Å². The molecule has 8 nitrogen and oxygen atoms in total. The summed E-state index contributed by atoms with van der Waals surface area (Å²) in [5.74, 6) is 2.16. The number of carbonyl (C=O) groups is 1. The van der Waals surface area contributed by atoms with Gasteiger partial charge < -0.3 is 28.8 Å². The third kappa shape index (κ3) is 3.82. The van der Waals surface area contributed by atoms with Gasteiger partial charge in [-0.3, -0.25) is 4.79 Å². The first-order valence-electron chi connectivity index (χ1n) is 10.2. The highest BCUT2D eigenvalue weighted by molar-refractivity contribution is 6.23. The van der Waals surface area contributed by atoms with Crippen molar-refractivity contribution in [2.75, 3.05) is 46.6 Å². The summed E-state index contributed by atoms with van der Waals surface area (Å²) in [4.78, 5) is 23.2. The van der Waals surface area contributed by atoms with Gasteiger partial charge in [-0.15, -0.1) is 0 Å². The van der Waals surface area contributed by atoms with Crippen molar-refractivity contribution >= 4 is 28.6 Å². The van der Waals surface area contributed by atoms with Crippen LogP contribution in [0, 0.1) is 0 Å². The van der Waals surface area contributed by atoms with Crippen LogP contribution in [0.15, 0.2) is 36.4 Å². The number of aromatic amines is 1. The predicted molar refractivity (Wildman–Crippen MR) is 115 cm³/mol. The third-order valence-corrected chi connectivity index (χ3v) is 5.33. The van der Waals surface area contributed by atoms with E-state index < -0.39 is 0 Å². The van der Waals surface area contributed by atoms with Crippen molar-refractivity contribution in [3.63, 3.8) is 0 Å². The lowest BCUT2D eigenvalue weighted by molar-refractivity contribution is -0.128. The van der Waals surface area contributed by atoms with Crippen LogP contribution in [-0.4, -0.2) is 67.4 Å². The first-order valence-corrected chi connectivity index (χ1v) is 10.2. The van der Waals surface area contributed by atoms with E-state index in [0.717, 1.165) is 16.6 Å². The molecule has 0 saturated carbocycles. The monoisotopic (exact) mass is 421 g/mol. The summed E-state index contributed by atoms with van der Waals surface area (Å²) >= 11 is 0. The number of carbonyl (C=O) groups excluding carboxylic acids is 1. The molecule has 1 N–H and O–H groups in total. The van der Waals surface area contributed by atoms with Gasteiger partial charge in [0, 0.05) is 13.1 Å². The SMILES string of the molecule is COc1cc(C=C(C(=O)N2CCOCC2)c2nc3ccccc3[nH]2)cc2c1OCCO2. The van der Waals surface area contributed by atoms with Crippen LogP contribution < -0.4 is 14.2 Å². The van der Waals surface area contributed by atoms with E-state index >= 15 is 0 Å². The average Bonchev–Trinajstić information content (AvgIpc) is 3.26. The Hall–Kier alpha value is -3.52. The zero-order valence-electron chi connectivity index (χ0n) is 17.2. The summed E-state index contributed by atoms with van der Waals surface area (Å²) in [5.41, 5.74) is 2.91. The van der Waals surface area contributed by atoms with Crippen LogP contribution in [-0.2, 0) is 9.53 Å². The van der Waals surface area contributed by atoms with Crippen LogP contribution in [0.5, 0.6) is 17.2 Å². The van der Waals surface area contributed by atoms with Gasteiger partial charge in [-0.25, -0.2) is 4.98 Å². The number of morpholine rings is 1. The molecule has 1 fully saturated rings. The van der Waals surface area contributed by atoms with Crippen LogP contribution in [0.3, 0.4) is 0 Å². The highest BCUT2D eigenvalue weighted by atomic mass is 16.6. The lowest BCUT2D eigenvalue weighted by atomic mass is 10.1. The van der Waals surface area contributed by atoms with E-state index in [1.54, 1.807) is 12.0 Å². The van der Waals surface area contributed by atoms with E-state index in [0.29, 0.717) is 68.2 Å². The second-order valence-electron chi connectivity index (χ2n) is 7.31. The van der Waals surface area contributed by atoms with Crippen molar-refractivity contribution in [1.82, 2.24) is 14.9 Å². The van der Waals surface area contributed by atoms with Crippen LogP contribution >= 0.6 is 0 Å². The number of nitrogens with zero attached hydrogens (tertiary/aromatic N) is 2. The van der Waals surface area contributed by atoms with E-state index in [2.05, 4.69) is 9.97 Å². The maximum absolute atomic E-state index is 13.5. The molecule has 1 aromatic heterocycles. The van der Waals surface area contributed by atoms with Gasteiger partial charge in [-0.2, -0.15) is 0 Å². The van der Waals surface area contributed by atoms with Gasteiger partial charge in [-0.1, -0.05) is 12.1 Å². The molecule has 160 valence electrons. The zero-order valence-corrected chi connectivity index (χ0v) is 17.2. The molecule has 3 heterocycles. The summed E-state index contributed by atoms with van der Waals surface area (Å²) in [5, 5.41) is 0. The Morgan fingerprint density at radius 3 is 2.74 bits per heavy atom. The molecule has 5 rings (SSSR count). The van der Waals surface area contributed by atoms with Gasteiger partial charge in [0.25, 0.3) is 5.91 Å². The smallest absolute Gasteiger partial charge is 0.257 e. The standard InChI is InChI=1S/C23H23N3O5/c1-28-19-13-15(14-20-21(19)31-11-10-30-20)12-16(23(27)26-6-8-29-9-7-26)22-24-17-4-2-3-5-18(17)25-22/h2-5,12-14H,6-11H2,1H3,(H,24,25). The number of hydrogen-bond donors (Lipinski definition) is 1. The Kier molecular flexibility index (Phi) is 5.21. The number of aromatic nitrogens is 2. The molecule has 31 heavy (non-hydrogen) atoms. The van der Waals surface area contributed by atoms with Gasteiger partial charge in [0.05, 0.1) is 36.9 Å². The summed E-state index contributed by atoms with van der Waals surface area (Å²) in [6.45, 7) is 3.07. The first-order chi connectivity index (χ1) is 15.2. The van der Waals surface area contributed by atoms with Crippen molar-refractivity contribution in [3.8, 4) is 17.2 Å². The van der Waals surface area contributed by atoms with E-state index in [1.807, 2.05) is 42.5 Å². The number of benzene rings is 2. The molecule has 3 aromatic rings. The number of hydrogen-bond acceptors (Lipinski definition) is 6. The highest BCUT2D eigenvalue weighted by Gasteiger charge is 2.25. The summed E-state index contributed by atoms with van der Waals surface area (Å²) < 4.78 is 22.3. The molecule has 0 unspecified atom stereocenters. The molecule has 2 aliphatic heterocycles. The minimum Gasteiger partial charge on any atom is -0.493 e. The fraction of sp³-hybridized carbons (Fsp3) is 0.304. The highest BCUT2D eigenvalue weighted by Crippen LogP contribution is 2.41. The minimum atomic E-state index is -0.101. The van der Waals surface area contributed by atoms with Crippen LogP contribution in [0.4, 0.5) is 0 Å². The van der Waals surface area contributed by atoms with Gasteiger partial charge in [0.2, 0.25) is 5.75 Å². The quantitative estimate of drug-likeness (QED) is 0.652. The van der Waals surface area contributed by atoms with E-state index in [4.69, 9.17) is 18.9 Å². The Morgan fingerprint density at radius 2 is 1.94 bits per heavy atom. The topological polar surface area (TPSA) is 85.9 Å². The number of imidazole rings is 1. The lowest BCUT2D eigenvalue weighted by Crippen LogP contribution is -2.41. The molecular weight excluding hydrogens is 398 g/mol. The summed E-state index contributed by atoms with van der Waals surface area (Å²) in [6, 6.07) is 11.4. The number of nitrogens with one attached hydrogen (secondary N) is 1. The van der Waals surface area contributed by atoms with Crippen molar-refractivity contribution in [1.29, 1.82) is 0 Å². The number of para-hydroxylation sites is 2. The minimum absolute atomic E-state index is 0.101. The predicted octanol–water partition coefficient (Wildman–Crippen LogP) is 2.74. The van der Waals surface area contributed by atoms with Crippen molar-refractivity contribution in [2.45, 2.75) is 0 Å². The van der Waals surface area contributed by atoms with E-state index in [9.17, 15) is 4.79 Å². The largest absolute Gasteiger partial charge is 0.493 e. The Balaban J connectivity index is 1.61. The Morgan fingerprint density at radius 1 is 1.13 bits per heavy atom. The van der Waals surface area contributed by atoms with Crippen LogP contribution in [0.25, 0.3) is 22.7 Å². The lowest BCUT2D eigenvalue weighted by Gasteiger charge is -2.27. The molecule has 0 radical (unpaired) electrons. The molecule has 2 aromatic carbocycles. The zero-order chi connectivity index (χ0) is 21.2. The van der Waals surface area contributed by atoms with Gasteiger partial charge in [0.1, 0.15) is 19.0 Å². The fourth-order valence-electron chi connectivity index (χ4n) is 3.79. The molecule has 8 heteroatoms. The second-order valence-corrected chi connectivity index (χ2v) is 7.31. The number of ether oxygens (including phenoxy) is 4. The number of fused-ring (bicyclic) bond motifs is 2. The molecule has 0 spiro atoms. The van der Waals surface area contributed by atoms with Crippen LogP contribution in [0.2, 0.25) is 0 Å². The van der Waals surface area contributed by atoms with E-state index in [-0.39, 0.29) is 5.91 Å². The number of H-pyrrole nitrogens is 1. The maximum Gasteiger partial charge on any atom is 0.257 e. The normalized spacial score (nSPS) is 16.4. The van der Waals surface area contributed by atoms with Crippen LogP contribution in [0.1, 0.15) is 11.4 Å². The average molecular weight is 421 g/mol. The fourth-order valence-corrected chi connectivity index (χ4v) is 3.79. The Labute approximate surface area is 179 Å². The van der Waals surface area contributed by atoms with Crippen molar-refractivity contribution < 1.29 is 23.7 Å². The first kappa shape index (κ1) is 19.4. The van der Waals surface area contributed by atoms with Gasteiger partial charge in [-0.05, 0) is 35.9 Å². The molecule has 0 atom stereocenters. The van der Waals surface area contributed by atoms with Gasteiger partial charge in [0.15, 0.2) is 11.5 Å². The molecule has 0 aliphatic carbocycles. The van der Waals surface area contributed by atoms with Crippen molar-refractivity contribution in [3.05, 3.63) is 47.8 Å². The second kappa shape index (κ2) is 8.31. The number of rotatable bonds is 4. The summed E-state index contributed by atoms with van der Waals surface area (Å²) in [7, 11) is 1.58. The Bertz CT molecular complexity index is 1100. The molecule has 0 bridgehead atoms. The molecule has 2 aliphatic rings. The molecule has 1 amide bonds. The van der Waals surface area contributed by atoms with E-state index in [1.165, 1.54) is 0 Å². The molecule has 1 saturated heterocycles. The summed E-state index contributed by atoms with van der Waals surface area (Å²) in [6.07, 6.45) is 1.82. The molecular formula is C23H23N3O5. The number of methoxy groups -OCH3 is 1. The van der Waals surface area contributed by atoms with Gasteiger partial charge >= 0.3 is 0 Å². The maximum atomic E-state index is 13.5. The third-order valence-electron chi connectivity index (χ3n) is 5.33. The number of amides is 1.